The highest BCUT2D eigenvalue weighted by atomic mass is 35.5. The number of piperidine rings is 1. The number of fused-ring (bicyclic) bond motifs is 1. The van der Waals surface area contributed by atoms with Crippen LogP contribution in [-0.4, -0.2) is 57.9 Å². The van der Waals surface area contributed by atoms with Crippen molar-refractivity contribution < 1.29 is 19.2 Å². The zero-order valence-corrected chi connectivity index (χ0v) is 22.0. The number of rotatable bonds is 7. The minimum atomic E-state index is -0.151. The number of phenols is 1. The summed E-state index contributed by atoms with van der Waals surface area (Å²) in [7, 11) is 1.50. The van der Waals surface area contributed by atoms with Crippen molar-refractivity contribution in [1.82, 2.24) is 19.9 Å². The zero-order chi connectivity index (χ0) is 25.4. The Bertz CT molecular complexity index is 1380. The number of halogens is 1. The zero-order valence-electron chi connectivity index (χ0n) is 20.5. The number of thiophene rings is 1. The van der Waals surface area contributed by atoms with Gasteiger partial charge in [0.2, 0.25) is 0 Å². The molecule has 0 saturated carbocycles. The molecule has 4 heterocycles. The molecule has 3 aromatic heterocycles. The third-order valence-corrected chi connectivity index (χ3v) is 7.97. The maximum atomic E-state index is 13.5. The standard InChI is InChI=1S/C26H29ClN4O4S/c1-15(2)30-8-6-17(7-9-30)28-26(33)20-10-16-11-22(34-3)21(32)13-19(16)31(20)14-18-12-23(35-29-18)24-4-5-25(27)36-24/h4-5,10-13,15,17,32H,6-9,14H2,1-3H3,(H,28,33). The lowest BCUT2D eigenvalue weighted by Gasteiger charge is -2.34. The van der Waals surface area contributed by atoms with Gasteiger partial charge in [0.1, 0.15) is 11.4 Å². The van der Waals surface area contributed by atoms with Crippen LogP contribution in [0.4, 0.5) is 0 Å². The molecule has 2 N–H and O–H groups in total. The van der Waals surface area contributed by atoms with Crippen LogP contribution in [0.2, 0.25) is 4.34 Å². The second-order valence-electron chi connectivity index (χ2n) is 9.36. The summed E-state index contributed by atoms with van der Waals surface area (Å²) in [5.74, 6) is 0.824. The van der Waals surface area contributed by atoms with Gasteiger partial charge in [0.05, 0.1) is 28.4 Å². The molecule has 1 amide bonds. The van der Waals surface area contributed by atoms with Crippen molar-refractivity contribution in [3.8, 4) is 22.1 Å². The highest BCUT2D eigenvalue weighted by molar-refractivity contribution is 7.19. The van der Waals surface area contributed by atoms with Crippen LogP contribution in [0, 0.1) is 0 Å². The maximum Gasteiger partial charge on any atom is 0.268 e. The van der Waals surface area contributed by atoms with Crippen LogP contribution in [0.5, 0.6) is 11.5 Å². The molecule has 1 fully saturated rings. The van der Waals surface area contributed by atoms with Gasteiger partial charge < -0.3 is 29.2 Å². The minimum Gasteiger partial charge on any atom is -0.504 e. The summed E-state index contributed by atoms with van der Waals surface area (Å²) in [4.78, 5) is 16.8. The van der Waals surface area contributed by atoms with Crippen LogP contribution in [0.15, 0.2) is 40.9 Å². The van der Waals surface area contributed by atoms with Crippen molar-refractivity contribution in [3.05, 3.63) is 52.1 Å². The first kappa shape index (κ1) is 24.7. The average molecular weight is 529 g/mol. The van der Waals surface area contributed by atoms with Crippen LogP contribution in [0.1, 0.15) is 42.9 Å². The van der Waals surface area contributed by atoms with Gasteiger partial charge in [-0.1, -0.05) is 16.8 Å². The van der Waals surface area contributed by atoms with E-state index in [4.69, 9.17) is 20.9 Å². The van der Waals surface area contributed by atoms with E-state index in [0.29, 0.717) is 45.3 Å². The first-order chi connectivity index (χ1) is 17.3. The third-order valence-electron chi connectivity index (χ3n) is 6.72. The molecule has 1 saturated heterocycles. The van der Waals surface area contributed by atoms with E-state index in [1.54, 1.807) is 12.1 Å². The van der Waals surface area contributed by atoms with Crippen LogP contribution in [-0.2, 0) is 6.54 Å². The minimum absolute atomic E-state index is 0.00596. The van der Waals surface area contributed by atoms with E-state index in [0.717, 1.165) is 36.2 Å². The van der Waals surface area contributed by atoms with Gasteiger partial charge in [-0.3, -0.25) is 4.79 Å². The molecule has 190 valence electrons. The summed E-state index contributed by atoms with van der Waals surface area (Å²) in [5.41, 5.74) is 1.85. The molecule has 1 aromatic carbocycles. The molecule has 0 aliphatic carbocycles. The topological polar surface area (TPSA) is 92.8 Å². The Morgan fingerprint density at radius 2 is 2.06 bits per heavy atom. The molecule has 1 aliphatic rings. The van der Waals surface area contributed by atoms with Crippen LogP contribution < -0.4 is 10.1 Å². The fourth-order valence-corrected chi connectivity index (χ4v) is 5.72. The number of methoxy groups -OCH3 is 1. The number of amides is 1. The number of aromatic hydroxyl groups is 1. The normalized spacial score (nSPS) is 15.1. The Hall–Kier alpha value is -3.01. The molecule has 0 unspecified atom stereocenters. The molecule has 4 aromatic rings. The molecular formula is C26H29ClN4O4S. The number of nitrogens with zero attached hydrogens (tertiary/aromatic N) is 3. The molecule has 0 radical (unpaired) electrons. The second-order valence-corrected chi connectivity index (χ2v) is 11.1. The van der Waals surface area contributed by atoms with Crippen molar-refractivity contribution in [2.45, 2.75) is 45.3 Å². The Balaban J connectivity index is 1.44. The number of phenolic OH excluding ortho intramolecular Hbond substituents is 1. The van der Waals surface area contributed by atoms with E-state index in [1.165, 1.54) is 18.4 Å². The van der Waals surface area contributed by atoms with Gasteiger partial charge in [0.15, 0.2) is 17.3 Å². The first-order valence-corrected chi connectivity index (χ1v) is 13.2. The van der Waals surface area contributed by atoms with Gasteiger partial charge in [-0.15, -0.1) is 11.3 Å². The summed E-state index contributed by atoms with van der Waals surface area (Å²) in [5, 5.41) is 18.7. The van der Waals surface area contributed by atoms with Crippen LogP contribution in [0.3, 0.4) is 0 Å². The summed E-state index contributed by atoms with van der Waals surface area (Å²) in [6.45, 7) is 6.62. The number of hydrogen-bond donors (Lipinski definition) is 2. The molecular weight excluding hydrogens is 500 g/mol. The SMILES string of the molecule is COc1cc2cc(C(=O)NC3CCN(C(C)C)CC3)n(Cc3cc(-c4ccc(Cl)s4)on3)c2cc1O. The highest BCUT2D eigenvalue weighted by Gasteiger charge is 2.25. The number of benzene rings is 1. The van der Waals surface area contributed by atoms with Crippen molar-refractivity contribution in [3.63, 3.8) is 0 Å². The molecule has 0 bridgehead atoms. The van der Waals surface area contributed by atoms with Crippen LogP contribution >= 0.6 is 22.9 Å². The van der Waals surface area contributed by atoms with Crippen LogP contribution in [0.25, 0.3) is 21.5 Å². The lowest BCUT2D eigenvalue weighted by molar-refractivity contribution is 0.0892. The monoisotopic (exact) mass is 528 g/mol. The smallest absolute Gasteiger partial charge is 0.268 e. The Morgan fingerprint density at radius 1 is 1.28 bits per heavy atom. The van der Waals surface area contributed by atoms with Crippen molar-refractivity contribution in [1.29, 1.82) is 0 Å². The maximum absolute atomic E-state index is 13.5. The summed E-state index contributed by atoms with van der Waals surface area (Å²) < 4.78 is 13.4. The molecule has 1 aliphatic heterocycles. The second kappa shape index (κ2) is 10.2. The van der Waals surface area contributed by atoms with Gasteiger partial charge in [-0.25, -0.2) is 0 Å². The predicted octanol–water partition coefficient (Wildman–Crippen LogP) is 5.38. The number of ether oxygens (including phenoxy) is 1. The van der Waals surface area contributed by atoms with Crippen molar-refractivity contribution in [2.75, 3.05) is 20.2 Å². The quantitative estimate of drug-likeness (QED) is 0.335. The van der Waals surface area contributed by atoms with Gasteiger partial charge in [0.25, 0.3) is 5.91 Å². The van der Waals surface area contributed by atoms with E-state index in [1.807, 2.05) is 28.8 Å². The first-order valence-electron chi connectivity index (χ1n) is 12.0. The number of hydrogen-bond acceptors (Lipinski definition) is 7. The van der Waals surface area contributed by atoms with E-state index in [-0.39, 0.29) is 17.7 Å². The molecule has 36 heavy (non-hydrogen) atoms. The van der Waals surface area contributed by atoms with E-state index in [9.17, 15) is 9.90 Å². The number of nitrogens with one attached hydrogen (secondary N) is 1. The number of likely N-dealkylation sites (tertiary alicyclic amines) is 1. The molecule has 0 atom stereocenters. The Kier molecular flexibility index (Phi) is 6.96. The average Bonchev–Trinajstić information content (AvgIpc) is 3.58. The fourth-order valence-electron chi connectivity index (χ4n) is 4.73. The lowest BCUT2D eigenvalue weighted by Crippen LogP contribution is -2.46. The largest absolute Gasteiger partial charge is 0.504 e. The van der Waals surface area contributed by atoms with E-state index < -0.39 is 0 Å². The Labute approximate surface area is 218 Å². The molecule has 5 rings (SSSR count). The number of carbonyl (C=O) groups is 1. The fraction of sp³-hybridized carbons (Fsp3) is 0.385. The number of carbonyl (C=O) groups excluding carboxylic acids is 1. The van der Waals surface area contributed by atoms with Gasteiger partial charge in [-0.05, 0) is 51.0 Å². The molecule has 0 spiro atoms. The molecule has 10 heteroatoms. The van der Waals surface area contributed by atoms with Gasteiger partial charge in [0, 0.05) is 42.7 Å². The summed E-state index contributed by atoms with van der Waals surface area (Å²) >= 11 is 7.48. The van der Waals surface area contributed by atoms with E-state index >= 15 is 0 Å². The lowest BCUT2D eigenvalue weighted by atomic mass is 10.0. The summed E-state index contributed by atoms with van der Waals surface area (Å²) in [6.07, 6.45) is 1.82. The molecule has 8 nitrogen and oxygen atoms in total. The van der Waals surface area contributed by atoms with Crippen molar-refractivity contribution in [2.24, 2.45) is 0 Å². The summed E-state index contributed by atoms with van der Waals surface area (Å²) in [6, 6.07) is 11.3. The van der Waals surface area contributed by atoms with Crippen molar-refractivity contribution >= 4 is 39.7 Å². The third kappa shape index (κ3) is 4.96. The van der Waals surface area contributed by atoms with Gasteiger partial charge >= 0.3 is 0 Å². The Morgan fingerprint density at radius 3 is 2.72 bits per heavy atom. The number of aromatic nitrogens is 2. The highest BCUT2D eigenvalue weighted by Crippen LogP contribution is 2.35. The van der Waals surface area contributed by atoms with E-state index in [2.05, 4.69) is 29.2 Å². The predicted molar refractivity (Wildman–Crippen MR) is 141 cm³/mol. The van der Waals surface area contributed by atoms with Gasteiger partial charge in [-0.2, -0.15) is 0 Å².